The van der Waals surface area contributed by atoms with E-state index >= 15 is 0 Å². The van der Waals surface area contributed by atoms with Crippen molar-refractivity contribution in [3.05, 3.63) is 16.0 Å². The number of aryl methyl sites for hydroxylation is 1. The Bertz CT molecular complexity index is 698. The van der Waals surface area contributed by atoms with Crippen LogP contribution in [0.2, 0.25) is 0 Å². The first-order valence-electron chi connectivity index (χ1n) is 8.99. The number of hydrogen-bond acceptors (Lipinski definition) is 4. The van der Waals surface area contributed by atoms with E-state index in [2.05, 4.69) is 10.6 Å². The Hall–Kier alpha value is -1.89. The molecule has 2 atom stereocenters. The van der Waals surface area contributed by atoms with Gasteiger partial charge in [0.05, 0.1) is 5.56 Å². The fraction of sp³-hybridized carbons (Fsp3) is 0.611. The van der Waals surface area contributed by atoms with E-state index < -0.39 is 5.91 Å². The average molecular weight is 363 g/mol. The van der Waals surface area contributed by atoms with Crippen LogP contribution in [0.3, 0.4) is 0 Å². The Balaban J connectivity index is 1.59. The van der Waals surface area contributed by atoms with Crippen molar-refractivity contribution < 1.29 is 14.4 Å². The molecule has 1 aromatic heterocycles. The van der Waals surface area contributed by atoms with Crippen LogP contribution in [-0.4, -0.2) is 24.3 Å². The lowest BCUT2D eigenvalue weighted by Gasteiger charge is -2.07. The second-order valence-corrected chi connectivity index (χ2v) is 8.15. The average Bonchev–Trinajstić information content (AvgIpc) is 3.24. The summed E-state index contributed by atoms with van der Waals surface area (Å²) >= 11 is 1.47. The van der Waals surface area contributed by atoms with Crippen molar-refractivity contribution >= 4 is 34.1 Å². The van der Waals surface area contributed by atoms with E-state index in [0.29, 0.717) is 23.0 Å². The van der Waals surface area contributed by atoms with Crippen LogP contribution in [0.15, 0.2) is 0 Å². The van der Waals surface area contributed by atoms with Crippen LogP contribution in [-0.2, 0) is 22.4 Å². The van der Waals surface area contributed by atoms with Crippen molar-refractivity contribution in [3.8, 4) is 0 Å². The van der Waals surface area contributed by atoms with Gasteiger partial charge in [0.2, 0.25) is 11.8 Å². The van der Waals surface area contributed by atoms with Gasteiger partial charge in [-0.05, 0) is 43.6 Å². The molecule has 1 saturated carbocycles. The van der Waals surface area contributed by atoms with Gasteiger partial charge in [-0.15, -0.1) is 11.3 Å². The van der Waals surface area contributed by atoms with Crippen LogP contribution in [0.1, 0.15) is 59.8 Å². The molecule has 3 amide bonds. The monoisotopic (exact) mass is 363 g/mol. The molecule has 1 heterocycles. The Kier molecular flexibility index (Phi) is 5.42. The maximum absolute atomic E-state index is 12.2. The smallest absolute Gasteiger partial charge is 0.251 e. The molecule has 2 aliphatic carbocycles. The Morgan fingerprint density at radius 3 is 2.60 bits per heavy atom. The Morgan fingerprint density at radius 1 is 1.20 bits per heavy atom. The second kappa shape index (κ2) is 7.56. The molecule has 0 spiro atoms. The molecule has 25 heavy (non-hydrogen) atoms. The summed E-state index contributed by atoms with van der Waals surface area (Å²) in [6.07, 6.45) is 6.20. The van der Waals surface area contributed by atoms with Crippen molar-refractivity contribution in [3.63, 3.8) is 0 Å². The summed E-state index contributed by atoms with van der Waals surface area (Å²) in [7, 11) is 0. The van der Waals surface area contributed by atoms with Gasteiger partial charge >= 0.3 is 0 Å². The van der Waals surface area contributed by atoms with Crippen molar-refractivity contribution in [2.45, 2.75) is 51.9 Å². The van der Waals surface area contributed by atoms with Gasteiger partial charge in [0.15, 0.2) is 0 Å². The van der Waals surface area contributed by atoms with Crippen molar-refractivity contribution in [2.24, 2.45) is 17.6 Å². The summed E-state index contributed by atoms with van der Waals surface area (Å²) < 4.78 is 0. The highest BCUT2D eigenvalue weighted by molar-refractivity contribution is 7.17. The molecule has 0 aromatic carbocycles. The fourth-order valence-corrected chi connectivity index (χ4v) is 4.71. The van der Waals surface area contributed by atoms with Gasteiger partial charge in [0, 0.05) is 23.8 Å². The minimum Gasteiger partial charge on any atom is -0.365 e. The lowest BCUT2D eigenvalue weighted by molar-refractivity contribution is -0.122. The van der Waals surface area contributed by atoms with Gasteiger partial charge in [0.25, 0.3) is 5.91 Å². The number of rotatable bonds is 6. The van der Waals surface area contributed by atoms with Gasteiger partial charge in [-0.2, -0.15) is 0 Å². The van der Waals surface area contributed by atoms with Crippen LogP contribution >= 0.6 is 11.3 Å². The minimum absolute atomic E-state index is 0.0287. The highest BCUT2D eigenvalue weighted by Gasteiger charge is 2.38. The van der Waals surface area contributed by atoms with Crippen LogP contribution < -0.4 is 16.4 Å². The highest BCUT2D eigenvalue weighted by Crippen LogP contribution is 2.38. The van der Waals surface area contributed by atoms with E-state index in [1.165, 1.54) is 11.3 Å². The molecule has 0 unspecified atom stereocenters. The zero-order chi connectivity index (χ0) is 18.0. The van der Waals surface area contributed by atoms with E-state index in [9.17, 15) is 14.4 Å². The predicted octanol–water partition coefficient (Wildman–Crippen LogP) is 2.22. The second-order valence-electron chi connectivity index (χ2n) is 7.04. The molecule has 6 nitrogen and oxygen atoms in total. The van der Waals surface area contributed by atoms with Crippen molar-refractivity contribution in [2.75, 3.05) is 11.9 Å². The van der Waals surface area contributed by atoms with Crippen LogP contribution in [0.5, 0.6) is 0 Å². The number of carbonyl (C=O) groups excluding carboxylic acids is 3. The number of amides is 3. The van der Waals surface area contributed by atoms with Gasteiger partial charge < -0.3 is 16.4 Å². The molecule has 0 radical (unpaired) electrons. The third-order valence-electron chi connectivity index (χ3n) is 5.02. The number of fused-ring (bicyclic) bond motifs is 1. The van der Waals surface area contributed by atoms with E-state index in [4.69, 9.17) is 5.73 Å². The fourth-order valence-electron chi connectivity index (χ4n) is 3.40. The molecule has 2 aliphatic rings. The SMILES string of the molecule is C[C@H]1C[C@H]1C(=O)NCCC(=O)Nc1sc2c(c1C(N)=O)CCCCC2. The van der Waals surface area contributed by atoms with Gasteiger partial charge in [-0.1, -0.05) is 13.3 Å². The maximum atomic E-state index is 12.2. The van der Waals surface area contributed by atoms with Gasteiger partial charge in [-0.3, -0.25) is 14.4 Å². The number of primary amides is 1. The zero-order valence-electron chi connectivity index (χ0n) is 14.5. The van der Waals surface area contributed by atoms with Gasteiger partial charge in [-0.25, -0.2) is 0 Å². The standard InChI is InChI=1S/C18H25N3O3S/c1-10-9-12(10)17(24)20-8-7-14(22)21-18-15(16(19)23)11-5-3-2-4-6-13(11)25-18/h10,12H,2-9H2,1H3,(H2,19,23)(H,20,24)(H,21,22)/t10-,12+/m0/s1. The third-order valence-corrected chi connectivity index (χ3v) is 6.23. The number of carbonyl (C=O) groups is 3. The molecule has 3 rings (SSSR count). The van der Waals surface area contributed by atoms with E-state index in [0.717, 1.165) is 49.0 Å². The number of thiophene rings is 1. The maximum Gasteiger partial charge on any atom is 0.251 e. The highest BCUT2D eigenvalue weighted by atomic mass is 32.1. The largest absolute Gasteiger partial charge is 0.365 e. The summed E-state index contributed by atoms with van der Waals surface area (Å²) in [5.41, 5.74) is 7.06. The Morgan fingerprint density at radius 2 is 1.92 bits per heavy atom. The molecule has 0 aliphatic heterocycles. The number of hydrogen-bond donors (Lipinski definition) is 3. The third kappa shape index (κ3) is 4.21. The molecule has 1 aromatic rings. The molecule has 0 bridgehead atoms. The molecular weight excluding hydrogens is 338 g/mol. The molecular formula is C18H25N3O3S. The quantitative estimate of drug-likeness (QED) is 0.675. The number of nitrogens with one attached hydrogen (secondary N) is 2. The summed E-state index contributed by atoms with van der Waals surface area (Å²) in [6.45, 7) is 2.36. The lowest BCUT2D eigenvalue weighted by Crippen LogP contribution is -2.29. The van der Waals surface area contributed by atoms with Crippen LogP contribution in [0.4, 0.5) is 5.00 Å². The Labute approximate surface area is 151 Å². The first-order valence-corrected chi connectivity index (χ1v) is 9.81. The number of anilines is 1. The summed E-state index contributed by atoms with van der Waals surface area (Å²) in [5.74, 6) is -0.0966. The van der Waals surface area contributed by atoms with Crippen LogP contribution in [0.25, 0.3) is 0 Å². The normalized spacial score (nSPS) is 21.8. The first kappa shape index (κ1) is 17.9. The van der Waals surface area contributed by atoms with E-state index in [-0.39, 0.29) is 24.2 Å². The first-order chi connectivity index (χ1) is 12.0. The van der Waals surface area contributed by atoms with Crippen LogP contribution in [0, 0.1) is 11.8 Å². The summed E-state index contributed by atoms with van der Waals surface area (Å²) in [4.78, 5) is 37.0. The predicted molar refractivity (Wildman–Crippen MR) is 97.6 cm³/mol. The van der Waals surface area contributed by atoms with Crippen molar-refractivity contribution in [1.29, 1.82) is 0 Å². The molecule has 136 valence electrons. The minimum atomic E-state index is -0.481. The molecule has 7 heteroatoms. The molecule has 4 N–H and O–H groups in total. The zero-order valence-corrected chi connectivity index (χ0v) is 15.3. The number of nitrogens with two attached hydrogens (primary N) is 1. The molecule has 0 saturated heterocycles. The van der Waals surface area contributed by atoms with E-state index in [1.807, 2.05) is 6.92 Å². The lowest BCUT2D eigenvalue weighted by atomic mass is 10.1. The summed E-state index contributed by atoms with van der Waals surface area (Å²) in [5, 5.41) is 6.18. The summed E-state index contributed by atoms with van der Waals surface area (Å²) in [6, 6.07) is 0. The topological polar surface area (TPSA) is 101 Å². The van der Waals surface area contributed by atoms with E-state index in [1.54, 1.807) is 0 Å². The molecule has 1 fully saturated rings. The van der Waals surface area contributed by atoms with Crippen molar-refractivity contribution in [1.82, 2.24) is 5.32 Å². The van der Waals surface area contributed by atoms with Gasteiger partial charge in [0.1, 0.15) is 5.00 Å².